The Morgan fingerprint density at radius 2 is 2.60 bits per heavy atom. The summed E-state index contributed by atoms with van der Waals surface area (Å²) < 4.78 is 0. The molecule has 1 aliphatic heterocycles. The van der Waals surface area contributed by atoms with Gasteiger partial charge in [-0.15, -0.1) is 0 Å². The van der Waals surface area contributed by atoms with Gasteiger partial charge in [-0.2, -0.15) is 11.8 Å². The maximum absolute atomic E-state index is 10.7. The van der Waals surface area contributed by atoms with E-state index in [4.69, 9.17) is 0 Å². The molecule has 1 atom stereocenters. The van der Waals surface area contributed by atoms with Crippen LogP contribution in [0.1, 0.15) is 19.3 Å². The first-order valence-corrected chi connectivity index (χ1v) is 5.00. The number of rotatable bonds is 3. The quantitative estimate of drug-likeness (QED) is 0.666. The fourth-order valence-corrected chi connectivity index (χ4v) is 1.67. The van der Waals surface area contributed by atoms with E-state index in [2.05, 4.69) is 11.6 Å². The first-order valence-electron chi connectivity index (χ1n) is 3.61. The lowest BCUT2D eigenvalue weighted by Gasteiger charge is -2.06. The van der Waals surface area contributed by atoms with E-state index in [0.29, 0.717) is 6.04 Å². The van der Waals surface area contributed by atoms with Crippen molar-refractivity contribution in [3.05, 3.63) is 0 Å². The second kappa shape index (κ2) is 3.86. The third-order valence-electron chi connectivity index (χ3n) is 1.76. The molecule has 10 heavy (non-hydrogen) atoms. The van der Waals surface area contributed by atoms with E-state index in [1.54, 1.807) is 0 Å². The standard InChI is InChI=1S/C7H13NOS/c1-10-5-4-6-2-3-7(9)8-6/h6H,2-5H2,1H3,(H,8,9). The van der Waals surface area contributed by atoms with Crippen molar-refractivity contribution in [2.24, 2.45) is 0 Å². The Hall–Kier alpha value is -0.180. The van der Waals surface area contributed by atoms with Gasteiger partial charge < -0.3 is 5.32 Å². The predicted molar refractivity (Wildman–Crippen MR) is 44.2 cm³/mol. The van der Waals surface area contributed by atoms with Crippen molar-refractivity contribution in [3.63, 3.8) is 0 Å². The van der Waals surface area contributed by atoms with Crippen molar-refractivity contribution in [2.45, 2.75) is 25.3 Å². The van der Waals surface area contributed by atoms with Crippen molar-refractivity contribution in [1.82, 2.24) is 5.32 Å². The zero-order valence-corrected chi connectivity index (χ0v) is 7.04. The molecule has 1 saturated heterocycles. The molecule has 1 aliphatic rings. The van der Waals surface area contributed by atoms with Gasteiger partial charge in [0.15, 0.2) is 0 Å². The molecule has 1 heterocycles. The van der Waals surface area contributed by atoms with Crippen LogP contribution in [0.5, 0.6) is 0 Å². The van der Waals surface area contributed by atoms with Crippen molar-refractivity contribution in [1.29, 1.82) is 0 Å². The zero-order valence-electron chi connectivity index (χ0n) is 6.22. The second-order valence-electron chi connectivity index (χ2n) is 2.58. The van der Waals surface area contributed by atoms with Crippen molar-refractivity contribution in [3.8, 4) is 0 Å². The lowest BCUT2D eigenvalue weighted by atomic mass is 10.2. The Bertz CT molecular complexity index is 127. The Morgan fingerprint density at radius 1 is 1.80 bits per heavy atom. The highest BCUT2D eigenvalue weighted by atomic mass is 32.2. The van der Waals surface area contributed by atoms with E-state index in [0.717, 1.165) is 25.0 Å². The van der Waals surface area contributed by atoms with Gasteiger partial charge in [0.25, 0.3) is 0 Å². The molecule has 0 radical (unpaired) electrons. The Balaban J connectivity index is 2.12. The highest BCUT2D eigenvalue weighted by Gasteiger charge is 2.19. The van der Waals surface area contributed by atoms with E-state index in [1.165, 1.54) is 0 Å². The maximum Gasteiger partial charge on any atom is 0.220 e. The predicted octanol–water partition coefficient (Wildman–Crippen LogP) is 1.02. The number of carbonyl (C=O) groups is 1. The molecule has 1 fully saturated rings. The summed E-state index contributed by atoms with van der Waals surface area (Å²) in [7, 11) is 0. The van der Waals surface area contributed by atoms with Crippen LogP contribution < -0.4 is 5.32 Å². The van der Waals surface area contributed by atoms with Crippen LogP contribution in [0.3, 0.4) is 0 Å². The van der Waals surface area contributed by atoms with Gasteiger partial charge in [0.2, 0.25) is 5.91 Å². The molecule has 1 N–H and O–H groups in total. The van der Waals surface area contributed by atoms with Crippen LogP contribution in [0.2, 0.25) is 0 Å². The molecule has 0 saturated carbocycles. The lowest BCUT2D eigenvalue weighted by molar-refractivity contribution is -0.119. The van der Waals surface area contributed by atoms with Gasteiger partial charge in [0.1, 0.15) is 0 Å². The number of hydrogen-bond donors (Lipinski definition) is 1. The van der Waals surface area contributed by atoms with Gasteiger partial charge in [-0.05, 0) is 24.9 Å². The van der Waals surface area contributed by atoms with Gasteiger partial charge in [0, 0.05) is 12.5 Å². The molecule has 1 unspecified atom stereocenters. The molecular weight excluding hydrogens is 146 g/mol. The third kappa shape index (κ3) is 2.21. The van der Waals surface area contributed by atoms with E-state index in [9.17, 15) is 4.79 Å². The smallest absolute Gasteiger partial charge is 0.220 e. The zero-order chi connectivity index (χ0) is 7.40. The van der Waals surface area contributed by atoms with Crippen LogP contribution in [0.25, 0.3) is 0 Å². The van der Waals surface area contributed by atoms with Crippen LogP contribution >= 0.6 is 11.8 Å². The summed E-state index contributed by atoms with van der Waals surface area (Å²) in [4.78, 5) is 10.7. The fourth-order valence-electron chi connectivity index (χ4n) is 1.15. The number of carbonyl (C=O) groups excluding carboxylic acids is 1. The summed E-state index contributed by atoms with van der Waals surface area (Å²) in [6.45, 7) is 0. The molecule has 0 spiro atoms. The van der Waals surface area contributed by atoms with Crippen LogP contribution in [0.4, 0.5) is 0 Å². The van der Waals surface area contributed by atoms with E-state index in [-0.39, 0.29) is 5.91 Å². The van der Waals surface area contributed by atoms with Gasteiger partial charge in [-0.3, -0.25) is 4.79 Å². The number of hydrogen-bond acceptors (Lipinski definition) is 2. The van der Waals surface area contributed by atoms with Crippen LogP contribution in [-0.4, -0.2) is 24.0 Å². The summed E-state index contributed by atoms with van der Waals surface area (Å²) in [5, 5.41) is 2.94. The van der Waals surface area contributed by atoms with Gasteiger partial charge in [-0.25, -0.2) is 0 Å². The SMILES string of the molecule is CSCCC1CCC(=O)N1. The Morgan fingerprint density at radius 3 is 3.10 bits per heavy atom. The van der Waals surface area contributed by atoms with Crippen LogP contribution in [0, 0.1) is 0 Å². The molecule has 0 aromatic carbocycles. The third-order valence-corrected chi connectivity index (χ3v) is 2.40. The van der Waals surface area contributed by atoms with Crippen molar-refractivity contribution < 1.29 is 4.79 Å². The molecule has 0 bridgehead atoms. The van der Waals surface area contributed by atoms with Crippen molar-refractivity contribution in [2.75, 3.05) is 12.0 Å². The normalized spacial score (nSPS) is 24.9. The molecule has 3 heteroatoms. The minimum Gasteiger partial charge on any atom is -0.353 e. The first kappa shape index (κ1) is 7.92. The average Bonchev–Trinajstić information content (AvgIpc) is 2.31. The average molecular weight is 159 g/mol. The highest BCUT2D eigenvalue weighted by molar-refractivity contribution is 7.98. The van der Waals surface area contributed by atoms with Crippen LogP contribution in [0.15, 0.2) is 0 Å². The highest BCUT2D eigenvalue weighted by Crippen LogP contribution is 2.11. The molecule has 2 nitrogen and oxygen atoms in total. The minimum atomic E-state index is 0.228. The summed E-state index contributed by atoms with van der Waals surface area (Å²) >= 11 is 1.84. The number of amides is 1. The molecule has 0 aromatic rings. The summed E-state index contributed by atoms with van der Waals surface area (Å²) in [6.07, 6.45) is 5.00. The van der Waals surface area contributed by atoms with E-state index >= 15 is 0 Å². The minimum absolute atomic E-state index is 0.228. The summed E-state index contributed by atoms with van der Waals surface area (Å²) in [5.74, 6) is 1.39. The summed E-state index contributed by atoms with van der Waals surface area (Å²) in [5.41, 5.74) is 0. The number of nitrogens with one attached hydrogen (secondary N) is 1. The number of thioether (sulfide) groups is 1. The molecule has 0 aromatic heterocycles. The fraction of sp³-hybridized carbons (Fsp3) is 0.857. The second-order valence-corrected chi connectivity index (χ2v) is 3.57. The first-order chi connectivity index (χ1) is 4.83. The van der Waals surface area contributed by atoms with E-state index < -0.39 is 0 Å². The van der Waals surface area contributed by atoms with Gasteiger partial charge in [0.05, 0.1) is 0 Å². The van der Waals surface area contributed by atoms with Crippen molar-refractivity contribution >= 4 is 17.7 Å². The molecule has 58 valence electrons. The Labute approximate surface area is 65.8 Å². The van der Waals surface area contributed by atoms with Gasteiger partial charge >= 0.3 is 0 Å². The molecule has 1 amide bonds. The monoisotopic (exact) mass is 159 g/mol. The van der Waals surface area contributed by atoms with Crippen LogP contribution in [-0.2, 0) is 4.79 Å². The maximum atomic E-state index is 10.7. The summed E-state index contributed by atoms with van der Waals surface area (Å²) in [6, 6.07) is 0.472. The van der Waals surface area contributed by atoms with Gasteiger partial charge in [-0.1, -0.05) is 0 Å². The lowest BCUT2D eigenvalue weighted by Crippen LogP contribution is -2.25. The topological polar surface area (TPSA) is 29.1 Å². The molecular formula is C7H13NOS. The van der Waals surface area contributed by atoms with E-state index in [1.807, 2.05) is 11.8 Å². The Kier molecular flexibility index (Phi) is 3.06. The largest absolute Gasteiger partial charge is 0.353 e. The molecule has 1 rings (SSSR count). The molecule has 0 aliphatic carbocycles.